The zero-order valence-corrected chi connectivity index (χ0v) is 51.5. The number of H-pyrrole nitrogens is 4. The highest BCUT2D eigenvalue weighted by molar-refractivity contribution is 6.29. The van der Waals surface area contributed by atoms with Crippen LogP contribution in [0.5, 0.6) is 0 Å². The average molecular weight is 1250 g/mol. The van der Waals surface area contributed by atoms with E-state index in [1.54, 1.807) is 0 Å². The molecule has 0 fully saturated rings. The van der Waals surface area contributed by atoms with E-state index >= 15 is 19.2 Å². The van der Waals surface area contributed by atoms with E-state index in [4.69, 9.17) is 18.9 Å². The van der Waals surface area contributed by atoms with Crippen molar-refractivity contribution in [2.24, 2.45) is 0 Å². The van der Waals surface area contributed by atoms with Crippen LogP contribution in [-0.4, -0.2) is 43.8 Å². The number of rotatable bonds is 12. The van der Waals surface area contributed by atoms with Crippen LogP contribution in [-0.2, 0) is 64.6 Å². The Morgan fingerprint density at radius 3 is 0.594 bits per heavy atom. The largest absolute Gasteiger partial charge is 0.457 e. The van der Waals surface area contributed by atoms with Gasteiger partial charge in [0.05, 0.1) is 44.2 Å². The molecule has 96 heavy (non-hydrogen) atoms. The van der Waals surface area contributed by atoms with Gasteiger partial charge in [0.15, 0.2) is 0 Å². The van der Waals surface area contributed by atoms with Crippen LogP contribution in [0, 0.1) is 0 Å². The van der Waals surface area contributed by atoms with Crippen molar-refractivity contribution in [2.45, 2.75) is 26.4 Å². The molecule has 12 nitrogen and oxygen atoms in total. The number of esters is 4. The van der Waals surface area contributed by atoms with Crippen molar-refractivity contribution in [3.05, 3.63) is 333 Å². The van der Waals surface area contributed by atoms with Crippen molar-refractivity contribution in [3.8, 4) is 0 Å². The minimum absolute atomic E-state index is 0.0768. The Morgan fingerprint density at radius 2 is 0.396 bits per heavy atom. The van der Waals surface area contributed by atoms with Crippen LogP contribution >= 0.6 is 0 Å². The molecule has 1 aliphatic rings. The van der Waals surface area contributed by atoms with Gasteiger partial charge in [0.1, 0.15) is 48.7 Å². The number of hydrogen-bond donors (Lipinski definition) is 4. The lowest BCUT2D eigenvalue weighted by Crippen LogP contribution is -2.26. The lowest BCUT2D eigenvalue weighted by atomic mass is 9.97. The summed E-state index contributed by atoms with van der Waals surface area (Å²) in [6, 6.07) is 85.7. The normalized spacial score (nSPS) is 12.4. The maximum Gasteiger partial charge on any atom is 0.342 e. The molecule has 4 aromatic heterocycles. The van der Waals surface area contributed by atoms with Gasteiger partial charge in [-0.05, 0) is 114 Å². The number of fused-ring (bicyclic) bond motifs is 4. The topological polar surface area (TPSA) is 168 Å². The number of ether oxygens (including phenoxy) is 4. The molecule has 0 atom stereocenters. The van der Waals surface area contributed by atoms with Gasteiger partial charge in [-0.25, -0.2) is 19.2 Å². The maximum absolute atomic E-state index is 16.3. The second-order valence-electron chi connectivity index (χ2n) is 24.2. The van der Waals surface area contributed by atoms with E-state index < -0.39 is 23.9 Å². The van der Waals surface area contributed by atoms with E-state index in [1.807, 2.05) is 267 Å². The molecular formula is C84H56N4O8. The Kier molecular flexibility index (Phi) is 14.1. The van der Waals surface area contributed by atoms with Crippen molar-refractivity contribution < 1.29 is 38.1 Å². The monoisotopic (exact) mass is 1250 g/mol. The fourth-order valence-electron chi connectivity index (χ4n) is 13.7. The summed E-state index contributed by atoms with van der Waals surface area (Å²) in [4.78, 5) is 80.2. The van der Waals surface area contributed by atoms with Crippen LogP contribution in [0.3, 0.4) is 0 Å². The van der Waals surface area contributed by atoms with Crippen molar-refractivity contribution >= 4 is 132 Å². The lowest BCUT2D eigenvalue weighted by molar-refractivity contribution is -0.138. The quantitative estimate of drug-likeness (QED) is 0.0692. The molecule has 460 valence electrons. The Labute approximate surface area is 547 Å². The Bertz CT molecular complexity index is 5420. The number of aromatic nitrogens is 4. The zero-order valence-electron chi connectivity index (χ0n) is 51.5. The molecule has 12 heteroatoms. The van der Waals surface area contributed by atoms with Crippen LogP contribution in [0.1, 0.15) is 45.0 Å². The fraction of sp³-hybridized carbons (Fsp3) is 0.0476. The van der Waals surface area contributed by atoms with Crippen LogP contribution < -0.4 is 21.4 Å². The molecule has 4 heterocycles. The predicted molar refractivity (Wildman–Crippen MR) is 377 cm³/mol. The molecule has 0 spiro atoms. The number of benzene rings is 12. The average Bonchev–Trinajstić information content (AvgIpc) is 1.55. The van der Waals surface area contributed by atoms with Crippen molar-refractivity contribution in [2.75, 3.05) is 0 Å². The third-order valence-electron chi connectivity index (χ3n) is 18.4. The van der Waals surface area contributed by atoms with Gasteiger partial charge in [0.25, 0.3) is 0 Å². The standard InChI is InChI=1S/C84H56N4O8/c89-81(93-45-49-21-5-1-6-22-49)69-73-61-37-53-29-13-15-31-55(53)39-63(61)75(85-73)70(82(90)94-46-50-23-7-2-8-24-50)77-65-41-57-33-17-19-35-59(57)43-67(65)79(87-77)72(84(92)96-48-52-27-11-4-12-28-52)80-68-44-60-36-20-18-34-58(60)42-66(68)78(88-80)71(83(91)95-47-51-25-9-3-10-26-51)76-64-40-56-32-16-14-30-54(56)38-62(64)74(69)86-76/h1-44,85-88H,45-48H2. The molecule has 1 aliphatic carbocycles. The van der Waals surface area contributed by atoms with Crippen molar-refractivity contribution in [1.29, 1.82) is 0 Å². The molecule has 0 amide bonds. The zero-order chi connectivity index (χ0) is 64.4. The third kappa shape index (κ3) is 10.1. The van der Waals surface area contributed by atoms with Gasteiger partial charge in [0.2, 0.25) is 0 Å². The number of hydrogen-bond acceptors (Lipinski definition) is 8. The highest BCUT2D eigenvalue weighted by atomic mass is 16.5. The number of carbonyl (C=O) groups excluding carboxylic acids is 4. The first-order valence-corrected chi connectivity index (χ1v) is 31.8. The molecular weight excluding hydrogens is 1190 g/mol. The Balaban J connectivity index is 1.11. The Morgan fingerprint density at radius 1 is 0.219 bits per heavy atom. The summed E-state index contributed by atoms with van der Waals surface area (Å²) in [5, 5.41) is 12.5. The van der Waals surface area contributed by atoms with Gasteiger partial charge in [0, 0.05) is 43.1 Å². The molecule has 0 saturated carbocycles. The third-order valence-corrected chi connectivity index (χ3v) is 18.4. The highest BCUT2D eigenvalue weighted by Crippen LogP contribution is 2.39. The molecule has 0 aliphatic heterocycles. The lowest BCUT2D eigenvalue weighted by Gasteiger charge is -2.10. The van der Waals surface area contributed by atoms with E-state index in [0.717, 1.165) is 65.3 Å². The summed E-state index contributed by atoms with van der Waals surface area (Å²) in [6.45, 7) is -0.383. The molecule has 4 N–H and O–H groups in total. The minimum atomic E-state index is -0.710. The summed E-state index contributed by atoms with van der Waals surface area (Å²) in [7, 11) is 0. The Hall–Kier alpha value is -12.8. The minimum Gasteiger partial charge on any atom is -0.457 e. The van der Waals surface area contributed by atoms with Crippen molar-refractivity contribution in [1.82, 2.24) is 19.9 Å². The fourth-order valence-corrected chi connectivity index (χ4v) is 13.7. The van der Waals surface area contributed by atoms with E-state index in [9.17, 15) is 0 Å². The van der Waals surface area contributed by atoms with Crippen LogP contribution in [0.25, 0.3) is 108 Å². The van der Waals surface area contributed by atoms with Gasteiger partial charge in [-0.15, -0.1) is 0 Å². The second kappa shape index (κ2) is 23.7. The number of carbonyl (C=O) groups is 4. The first-order valence-electron chi connectivity index (χ1n) is 31.8. The number of aromatic amines is 4. The van der Waals surface area contributed by atoms with Crippen LogP contribution in [0.15, 0.2) is 267 Å². The summed E-state index contributed by atoms with van der Waals surface area (Å²) >= 11 is 0. The predicted octanol–water partition coefficient (Wildman–Crippen LogP) is 14.3. The molecule has 0 unspecified atom stereocenters. The first-order chi connectivity index (χ1) is 47.2. The van der Waals surface area contributed by atoms with Gasteiger partial charge in [-0.2, -0.15) is 0 Å². The molecule has 0 saturated heterocycles. The summed E-state index contributed by atoms with van der Waals surface area (Å²) in [6.07, 6.45) is 0. The second-order valence-corrected chi connectivity index (χ2v) is 24.2. The summed E-state index contributed by atoms with van der Waals surface area (Å²) < 4.78 is 26.2. The van der Waals surface area contributed by atoms with Gasteiger partial charge < -0.3 is 38.9 Å². The summed E-state index contributed by atoms with van der Waals surface area (Å²) in [5.41, 5.74) is 4.53. The van der Waals surface area contributed by atoms with E-state index in [-0.39, 0.29) is 48.7 Å². The molecule has 0 radical (unpaired) electrons. The van der Waals surface area contributed by atoms with Crippen molar-refractivity contribution in [3.63, 3.8) is 0 Å². The van der Waals surface area contributed by atoms with E-state index in [0.29, 0.717) is 87.3 Å². The molecule has 17 rings (SSSR count). The van der Waals surface area contributed by atoms with Gasteiger partial charge in [-0.3, -0.25) is 0 Å². The first kappa shape index (κ1) is 57.1. The molecule has 12 aromatic carbocycles. The number of nitrogens with one attached hydrogen (secondary N) is 4. The van der Waals surface area contributed by atoms with Crippen LogP contribution in [0.2, 0.25) is 0 Å². The van der Waals surface area contributed by atoms with Crippen LogP contribution in [0.4, 0.5) is 0 Å². The van der Waals surface area contributed by atoms with E-state index in [2.05, 4.69) is 19.9 Å². The SMILES string of the molecule is O=C(OCc1ccccc1)C1=c2[nH]c(c3cc4ccccc4cc23)=C(C(=O)OCc2ccccc2)c2[nH]c(c3cc4ccccc4cc23)C(C(=O)OCc2ccccc2)=c2[nH]c(c3cc4ccccc4cc23)=C(C(=O)OCc2ccccc2)c2[nH]c1c1cc3ccccc3cc21. The maximum atomic E-state index is 16.3. The van der Waals surface area contributed by atoms with Gasteiger partial charge in [-0.1, -0.05) is 218 Å². The molecule has 16 aromatic rings. The summed E-state index contributed by atoms with van der Waals surface area (Å²) in [5.74, 6) is -2.84. The smallest absolute Gasteiger partial charge is 0.342 e. The highest BCUT2D eigenvalue weighted by Gasteiger charge is 2.33. The van der Waals surface area contributed by atoms with E-state index in [1.165, 1.54) is 0 Å². The van der Waals surface area contributed by atoms with Gasteiger partial charge >= 0.3 is 23.9 Å². The molecule has 8 bridgehead atoms.